The summed E-state index contributed by atoms with van der Waals surface area (Å²) in [5, 5.41) is 8.76. The van der Waals surface area contributed by atoms with E-state index < -0.39 is 5.79 Å². The molecule has 3 nitrogen and oxygen atoms in total. The molecule has 2 atom stereocenters. The van der Waals surface area contributed by atoms with Gasteiger partial charge in [0.15, 0.2) is 5.79 Å². The number of hydrogen-bond donors (Lipinski definition) is 1. The number of aliphatic hydroxyl groups is 1. The maximum atomic E-state index is 8.76. The van der Waals surface area contributed by atoms with E-state index in [2.05, 4.69) is 0 Å². The first kappa shape index (κ1) is 7.98. The number of ether oxygens (including phenoxy) is 2. The molecule has 1 unspecified atom stereocenters. The smallest absolute Gasteiger partial charge is 0.163 e. The van der Waals surface area contributed by atoms with Crippen LogP contribution in [0.5, 0.6) is 0 Å². The third-order valence-electron chi connectivity index (χ3n) is 1.61. The van der Waals surface area contributed by atoms with Gasteiger partial charge in [0.1, 0.15) is 6.10 Å². The minimum Gasteiger partial charge on any atom is -0.394 e. The van der Waals surface area contributed by atoms with Crippen molar-refractivity contribution in [2.45, 2.75) is 38.8 Å². The predicted molar refractivity (Wildman–Crippen MR) is 36.6 cm³/mol. The first-order valence-corrected chi connectivity index (χ1v) is 3.51. The van der Waals surface area contributed by atoms with Gasteiger partial charge in [0.2, 0.25) is 0 Å². The molecule has 0 aliphatic carbocycles. The molecule has 1 saturated heterocycles. The number of aliphatic hydroxyl groups excluding tert-OH is 1. The molecule has 1 heterocycles. The molecule has 1 aliphatic heterocycles. The van der Waals surface area contributed by atoms with Crippen LogP contribution in [0.4, 0.5) is 0 Å². The van der Waals surface area contributed by atoms with Gasteiger partial charge < -0.3 is 14.6 Å². The summed E-state index contributed by atoms with van der Waals surface area (Å²) in [6.07, 6.45) is -0.157. The number of rotatable bonds is 1. The SMILES string of the molecule is C[C@@H]1OC(C)(C)OC1CO. The van der Waals surface area contributed by atoms with Gasteiger partial charge in [-0.15, -0.1) is 0 Å². The van der Waals surface area contributed by atoms with Gasteiger partial charge in [-0.2, -0.15) is 0 Å². The van der Waals surface area contributed by atoms with E-state index >= 15 is 0 Å². The largest absolute Gasteiger partial charge is 0.394 e. The highest BCUT2D eigenvalue weighted by atomic mass is 16.8. The molecule has 0 amide bonds. The van der Waals surface area contributed by atoms with Crippen LogP contribution in [0.2, 0.25) is 0 Å². The summed E-state index contributed by atoms with van der Waals surface area (Å²) in [7, 11) is 0. The molecule has 60 valence electrons. The van der Waals surface area contributed by atoms with Crippen LogP contribution >= 0.6 is 0 Å². The van der Waals surface area contributed by atoms with E-state index in [1.165, 1.54) is 0 Å². The van der Waals surface area contributed by atoms with Crippen molar-refractivity contribution in [2.75, 3.05) is 6.61 Å². The van der Waals surface area contributed by atoms with Crippen molar-refractivity contribution in [2.24, 2.45) is 0 Å². The van der Waals surface area contributed by atoms with Gasteiger partial charge in [-0.1, -0.05) is 0 Å². The third kappa shape index (κ3) is 1.48. The molecule has 0 spiro atoms. The molecule has 0 aromatic heterocycles. The fourth-order valence-corrected chi connectivity index (χ4v) is 1.20. The summed E-state index contributed by atoms with van der Waals surface area (Å²) in [4.78, 5) is 0. The summed E-state index contributed by atoms with van der Waals surface area (Å²) in [5.74, 6) is -0.521. The Morgan fingerprint density at radius 3 is 2.20 bits per heavy atom. The van der Waals surface area contributed by atoms with Crippen LogP contribution in [0, 0.1) is 0 Å². The van der Waals surface area contributed by atoms with Crippen molar-refractivity contribution >= 4 is 0 Å². The molecule has 0 aromatic rings. The molecular weight excluding hydrogens is 132 g/mol. The molecule has 1 fully saturated rings. The molecule has 3 heteroatoms. The predicted octanol–water partition coefficient (Wildman–Crippen LogP) is 0.519. The fraction of sp³-hybridized carbons (Fsp3) is 1.00. The molecular formula is C7H14O3. The van der Waals surface area contributed by atoms with E-state index in [0.717, 1.165) is 0 Å². The Balaban J connectivity index is 2.52. The second-order valence-electron chi connectivity index (χ2n) is 3.06. The average Bonchev–Trinajstić information content (AvgIpc) is 2.05. The summed E-state index contributed by atoms with van der Waals surface area (Å²) in [6.45, 7) is 5.62. The van der Waals surface area contributed by atoms with Gasteiger partial charge >= 0.3 is 0 Å². The summed E-state index contributed by atoms with van der Waals surface area (Å²) in [6, 6.07) is 0. The van der Waals surface area contributed by atoms with Crippen molar-refractivity contribution in [1.29, 1.82) is 0 Å². The van der Waals surface area contributed by atoms with Crippen molar-refractivity contribution in [1.82, 2.24) is 0 Å². The van der Waals surface area contributed by atoms with Gasteiger partial charge in [0, 0.05) is 0 Å². The van der Waals surface area contributed by atoms with E-state index in [4.69, 9.17) is 14.6 Å². The molecule has 0 saturated carbocycles. The van der Waals surface area contributed by atoms with Gasteiger partial charge in [-0.05, 0) is 20.8 Å². The molecule has 10 heavy (non-hydrogen) atoms. The minimum atomic E-state index is -0.521. The van der Waals surface area contributed by atoms with E-state index in [9.17, 15) is 0 Å². The minimum absolute atomic E-state index is 0.000000000000000222. The van der Waals surface area contributed by atoms with E-state index in [1.54, 1.807) is 0 Å². The first-order chi connectivity index (χ1) is 4.55. The third-order valence-corrected chi connectivity index (χ3v) is 1.61. The van der Waals surface area contributed by atoms with Crippen LogP contribution in [-0.4, -0.2) is 29.7 Å². The molecule has 1 rings (SSSR count). The molecule has 1 N–H and O–H groups in total. The Labute approximate surface area is 60.9 Å². The topological polar surface area (TPSA) is 38.7 Å². The van der Waals surface area contributed by atoms with Gasteiger partial charge in [-0.25, -0.2) is 0 Å². The Morgan fingerprint density at radius 2 is 2.00 bits per heavy atom. The van der Waals surface area contributed by atoms with Crippen LogP contribution in [0.1, 0.15) is 20.8 Å². The highest BCUT2D eigenvalue weighted by Crippen LogP contribution is 2.27. The summed E-state index contributed by atoms with van der Waals surface area (Å²) >= 11 is 0. The Bertz CT molecular complexity index is 122. The van der Waals surface area contributed by atoms with Crippen LogP contribution in [0.25, 0.3) is 0 Å². The normalized spacial score (nSPS) is 38.4. The maximum Gasteiger partial charge on any atom is 0.163 e. The van der Waals surface area contributed by atoms with Gasteiger partial charge in [0.25, 0.3) is 0 Å². The van der Waals surface area contributed by atoms with Gasteiger partial charge in [-0.3, -0.25) is 0 Å². The average molecular weight is 146 g/mol. The molecule has 0 aromatic carbocycles. The summed E-state index contributed by atoms with van der Waals surface area (Å²) < 4.78 is 10.7. The Kier molecular flexibility index (Phi) is 1.99. The lowest BCUT2D eigenvalue weighted by molar-refractivity contribution is -0.147. The second kappa shape index (κ2) is 2.49. The van der Waals surface area contributed by atoms with E-state index in [1.807, 2.05) is 20.8 Å². The monoisotopic (exact) mass is 146 g/mol. The van der Waals surface area contributed by atoms with Crippen molar-refractivity contribution < 1.29 is 14.6 Å². The fourth-order valence-electron chi connectivity index (χ4n) is 1.20. The van der Waals surface area contributed by atoms with E-state index in [-0.39, 0.29) is 18.8 Å². The summed E-state index contributed by atoms with van der Waals surface area (Å²) in [5.41, 5.74) is 0. The molecule has 1 aliphatic rings. The zero-order valence-corrected chi connectivity index (χ0v) is 6.63. The van der Waals surface area contributed by atoms with E-state index in [0.29, 0.717) is 0 Å². The first-order valence-electron chi connectivity index (χ1n) is 3.51. The lowest BCUT2D eigenvalue weighted by atomic mass is 10.2. The Hall–Kier alpha value is -0.120. The number of hydrogen-bond acceptors (Lipinski definition) is 3. The maximum absolute atomic E-state index is 8.76. The van der Waals surface area contributed by atoms with Gasteiger partial charge in [0.05, 0.1) is 12.7 Å². The lowest BCUT2D eigenvalue weighted by Crippen LogP contribution is -2.24. The molecule has 0 bridgehead atoms. The lowest BCUT2D eigenvalue weighted by Gasteiger charge is -2.15. The molecule has 0 radical (unpaired) electrons. The zero-order valence-electron chi connectivity index (χ0n) is 6.63. The van der Waals surface area contributed by atoms with Crippen molar-refractivity contribution in [3.8, 4) is 0 Å². The van der Waals surface area contributed by atoms with Crippen LogP contribution in [-0.2, 0) is 9.47 Å². The van der Waals surface area contributed by atoms with Crippen molar-refractivity contribution in [3.63, 3.8) is 0 Å². The van der Waals surface area contributed by atoms with Crippen LogP contribution in [0.15, 0.2) is 0 Å². The highest BCUT2D eigenvalue weighted by Gasteiger charge is 2.37. The Morgan fingerprint density at radius 1 is 1.40 bits per heavy atom. The second-order valence-corrected chi connectivity index (χ2v) is 3.06. The van der Waals surface area contributed by atoms with Crippen LogP contribution < -0.4 is 0 Å². The standard InChI is InChI=1S/C7H14O3/c1-5-6(4-8)10-7(2,3)9-5/h5-6,8H,4H2,1-3H3/t5-,6?/m0/s1. The zero-order chi connectivity index (χ0) is 7.78. The van der Waals surface area contributed by atoms with Crippen molar-refractivity contribution in [3.05, 3.63) is 0 Å². The van der Waals surface area contributed by atoms with Crippen LogP contribution in [0.3, 0.4) is 0 Å². The quantitative estimate of drug-likeness (QED) is 0.586. The highest BCUT2D eigenvalue weighted by molar-refractivity contribution is 4.76.